The zero-order chi connectivity index (χ0) is 20.0. The molecule has 0 heterocycles. The molecule has 1 amide bonds. The summed E-state index contributed by atoms with van der Waals surface area (Å²) in [5.74, 6) is -0.550. The summed E-state index contributed by atoms with van der Waals surface area (Å²) in [4.78, 5) is 22.0. The van der Waals surface area contributed by atoms with Crippen LogP contribution in [0.25, 0.3) is 0 Å². The third-order valence-corrected chi connectivity index (χ3v) is 4.99. The van der Waals surface area contributed by atoms with E-state index >= 15 is 0 Å². The van der Waals surface area contributed by atoms with E-state index in [-0.39, 0.29) is 18.4 Å². The lowest BCUT2D eigenvalue weighted by Crippen LogP contribution is -2.28. The van der Waals surface area contributed by atoms with Crippen molar-refractivity contribution in [3.63, 3.8) is 0 Å². The summed E-state index contributed by atoms with van der Waals surface area (Å²) in [6.45, 7) is 4.12. The topological polar surface area (TPSA) is 55.4 Å². The molecule has 0 aromatic heterocycles. The summed E-state index contributed by atoms with van der Waals surface area (Å²) in [7, 11) is 0. The molecule has 0 saturated heterocycles. The van der Waals surface area contributed by atoms with E-state index in [4.69, 9.17) is 4.74 Å². The molecule has 0 aromatic rings. The Hall–Kier alpha value is -1.06. The highest BCUT2D eigenvalue weighted by Gasteiger charge is 2.02. The first-order chi connectivity index (χ1) is 13.2. The average molecular weight is 384 g/mol. The average Bonchev–Trinajstić information content (AvgIpc) is 2.65. The lowest BCUT2D eigenvalue weighted by Gasteiger charge is -2.05. The number of ether oxygens (including phenoxy) is 1. The second kappa shape index (κ2) is 21.2. The highest BCUT2D eigenvalue weighted by atomic mass is 16.5. The SMILES string of the molecule is CCCCCCCCCCCCCCCCCCCOC(=O)CNC(C)=O. The predicted octanol–water partition coefficient (Wildman–Crippen LogP) is 6.32. The highest BCUT2D eigenvalue weighted by Crippen LogP contribution is 2.14. The van der Waals surface area contributed by atoms with Crippen molar-refractivity contribution in [1.29, 1.82) is 0 Å². The van der Waals surface area contributed by atoms with Gasteiger partial charge in [-0.2, -0.15) is 0 Å². The molecule has 0 spiro atoms. The van der Waals surface area contributed by atoms with Gasteiger partial charge in [-0.3, -0.25) is 9.59 Å². The minimum atomic E-state index is -0.346. The number of esters is 1. The van der Waals surface area contributed by atoms with Crippen LogP contribution in [0.5, 0.6) is 0 Å². The zero-order valence-corrected chi connectivity index (χ0v) is 18.2. The Kier molecular flexibility index (Phi) is 20.4. The number of nitrogens with one attached hydrogen (secondary N) is 1. The molecule has 0 atom stereocenters. The molecule has 0 saturated carbocycles. The van der Waals surface area contributed by atoms with Crippen LogP contribution in [0.1, 0.15) is 123 Å². The van der Waals surface area contributed by atoms with Gasteiger partial charge in [-0.15, -0.1) is 0 Å². The zero-order valence-electron chi connectivity index (χ0n) is 18.2. The molecule has 0 rings (SSSR count). The summed E-state index contributed by atoms with van der Waals surface area (Å²) >= 11 is 0. The lowest BCUT2D eigenvalue weighted by atomic mass is 10.0. The molecular weight excluding hydrogens is 338 g/mol. The predicted molar refractivity (Wildman–Crippen MR) is 114 cm³/mol. The number of amides is 1. The molecule has 0 bridgehead atoms. The monoisotopic (exact) mass is 383 g/mol. The van der Waals surface area contributed by atoms with E-state index in [9.17, 15) is 9.59 Å². The molecule has 27 heavy (non-hydrogen) atoms. The number of hydrogen-bond acceptors (Lipinski definition) is 3. The van der Waals surface area contributed by atoms with Gasteiger partial charge < -0.3 is 10.1 Å². The molecule has 4 nitrogen and oxygen atoms in total. The summed E-state index contributed by atoms with van der Waals surface area (Å²) in [5, 5.41) is 2.44. The first-order valence-corrected chi connectivity index (χ1v) is 11.6. The molecule has 0 unspecified atom stereocenters. The maximum Gasteiger partial charge on any atom is 0.325 e. The fourth-order valence-electron chi connectivity index (χ4n) is 3.26. The Balaban J connectivity index is 3.09. The van der Waals surface area contributed by atoms with Gasteiger partial charge in [0.05, 0.1) is 6.61 Å². The van der Waals surface area contributed by atoms with E-state index < -0.39 is 0 Å². The Bertz CT molecular complexity index is 345. The van der Waals surface area contributed by atoms with Crippen LogP contribution in [0.3, 0.4) is 0 Å². The van der Waals surface area contributed by atoms with Crippen molar-refractivity contribution in [3.05, 3.63) is 0 Å². The number of unbranched alkanes of at least 4 members (excludes halogenated alkanes) is 16. The number of hydrogen-bond donors (Lipinski definition) is 1. The van der Waals surface area contributed by atoms with Crippen LogP contribution < -0.4 is 5.32 Å². The number of carbonyl (C=O) groups excluding carboxylic acids is 2. The Morgan fingerprint density at radius 3 is 1.37 bits per heavy atom. The van der Waals surface area contributed by atoms with Crippen molar-refractivity contribution in [2.75, 3.05) is 13.2 Å². The van der Waals surface area contributed by atoms with Crippen LogP contribution in [0.4, 0.5) is 0 Å². The maximum atomic E-state index is 11.3. The third kappa shape index (κ3) is 22.9. The standard InChI is InChI=1S/C23H45NO3/c1-3-4-5-6-7-8-9-10-11-12-13-14-15-16-17-18-19-20-27-23(26)21-24-22(2)25/h3-21H2,1-2H3,(H,24,25). The van der Waals surface area contributed by atoms with E-state index in [0.717, 1.165) is 12.8 Å². The van der Waals surface area contributed by atoms with E-state index in [1.54, 1.807) is 0 Å². The molecule has 4 heteroatoms. The van der Waals surface area contributed by atoms with Gasteiger partial charge in [0.25, 0.3) is 0 Å². The van der Waals surface area contributed by atoms with Gasteiger partial charge in [-0.1, -0.05) is 110 Å². The van der Waals surface area contributed by atoms with Crippen LogP contribution in [0, 0.1) is 0 Å². The molecule has 0 radical (unpaired) electrons. The Morgan fingerprint density at radius 2 is 1.00 bits per heavy atom. The van der Waals surface area contributed by atoms with Gasteiger partial charge >= 0.3 is 5.97 Å². The second-order valence-corrected chi connectivity index (χ2v) is 7.79. The van der Waals surface area contributed by atoms with E-state index in [1.165, 1.54) is 103 Å². The summed E-state index contributed by atoms with van der Waals surface area (Å²) in [6.07, 6.45) is 22.8. The first-order valence-electron chi connectivity index (χ1n) is 11.6. The Morgan fingerprint density at radius 1 is 0.630 bits per heavy atom. The first kappa shape index (κ1) is 25.9. The van der Waals surface area contributed by atoms with Crippen LogP contribution >= 0.6 is 0 Å². The summed E-state index contributed by atoms with van der Waals surface area (Å²) in [6, 6.07) is 0. The quantitative estimate of drug-likeness (QED) is 0.198. The minimum absolute atomic E-state index is 0.0196. The molecule has 0 fully saturated rings. The molecule has 1 N–H and O–H groups in total. The van der Waals surface area contributed by atoms with Crippen molar-refractivity contribution in [2.45, 2.75) is 123 Å². The normalized spacial score (nSPS) is 10.7. The van der Waals surface area contributed by atoms with E-state index in [1.807, 2.05) is 0 Å². The van der Waals surface area contributed by atoms with Crippen LogP contribution in [-0.4, -0.2) is 25.0 Å². The van der Waals surface area contributed by atoms with Gasteiger partial charge in [0.1, 0.15) is 6.54 Å². The summed E-state index contributed by atoms with van der Waals surface area (Å²) in [5.41, 5.74) is 0. The van der Waals surface area contributed by atoms with Crippen LogP contribution in [-0.2, 0) is 14.3 Å². The van der Waals surface area contributed by atoms with Gasteiger partial charge in [0, 0.05) is 6.92 Å². The highest BCUT2D eigenvalue weighted by molar-refractivity contribution is 5.80. The van der Waals surface area contributed by atoms with Crippen molar-refractivity contribution in [1.82, 2.24) is 5.32 Å². The smallest absolute Gasteiger partial charge is 0.325 e. The van der Waals surface area contributed by atoms with E-state index in [0.29, 0.717) is 6.61 Å². The van der Waals surface area contributed by atoms with Gasteiger partial charge in [0.15, 0.2) is 0 Å². The number of carbonyl (C=O) groups is 2. The van der Waals surface area contributed by atoms with Crippen molar-refractivity contribution in [3.8, 4) is 0 Å². The van der Waals surface area contributed by atoms with Crippen molar-refractivity contribution < 1.29 is 14.3 Å². The maximum absolute atomic E-state index is 11.3. The largest absolute Gasteiger partial charge is 0.464 e. The molecule has 160 valence electrons. The van der Waals surface area contributed by atoms with Crippen molar-refractivity contribution >= 4 is 11.9 Å². The minimum Gasteiger partial charge on any atom is -0.464 e. The summed E-state index contributed by atoms with van der Waals surface area (Å²) < 4.78 is 5.06. The van der Waals surface area contributed by atoms with Gasteiger partial charge in [-0.05, 0) is 6.42 Å². The lowest BCUT2D eigenvalue weighted by molar-refractivity contribution is -0.143. The second-order valence-electron chi connectivity index (χ2n) is 7.79. The fraction of sp³-hybridized carbons (Fsp3) is 0.913. The van der Waals surface area contributed by atoms with Gasteiger partial charge in [-0.25, -0.2) is 0 Å². The molecular formula is C23H45NO3. The molecule has 0 aliphatic rings. The molecule has 0 aliphatic heterocycles. The third-order valence-electron chi connectivity index (χ3n) is 4.99. The van der Waals surface area contributed by atoms with Crippen LogP contribution in [0.15, 0.2) is 0 Å². The number of rotatable bonds is 20. The fourth-order valence-corrected chi connectivity index (χ4v) is 3.26. The van der Waals surface area contributed by atoms with Crippen LogP contribution in [0.2, 0.25) is 0 Å². The molecule has 0 aliphatic carbocycles. The van der Waals surface area contributed by atoms with E-state index in [2.05, 4.69) is 12.2 Å². The molecule has 0 aromatic carbocycles. The van der Waals surface area contributed by atoms with Crippen molar-refractivity contribution in [2.24, 2.45) is 0 Å². The Labute approximate surface area is 168 Å². The van der Waals surface area contributed by atoms with Gasteiger partial charge in [0.2, 0.25) is 5.91 Å².